The number of anilines is 2. The first-order valence-corrected chi connectivity index (χ1v) is 9.11. The van der Waals surface area contributed by atoms with Crippen molar-refractivity contribution in [3.8, 4) is 5.75 Å². The Morgan fingerprint density at radius 1 is 0.690 bits per heavy atom. The third-order valence-corrected chi connectivity index (χ3v) is 4.09. The van der Waals surface area contributed by atoms with Crippen LogP contribution in [0, 0.1) is 0 Å². The third-order valence-electron chi connectivity index (χ3n) is 4.09. The summed E-state index contributed by atoms with van der Waals surface area (Å²) >= 11 is 0. The van der Waals surface area contributed by atoms with Crippen LogP contribution < -0.4 is 21.3 Å². The van der Waals surface area contributed by atoms with E-state index in [9.17, 15) is 14.7 Å². The zero-order valence-electron chi connectivity index (χ0n) is 15.7. The van der Waals surface area contributed by atoms with Gasteiger partial charge in [-0.15, -0.1) is 0 Å². The monoisotopic (exact) mass is 390 g/mol. The summed E-state index contributed by atoms with van der Waals surface area (Å²) < 4.78 is 0. The molecule has 148 valence electrons. The highest BCUT2D eigenvalue weighted by Crippen LogP contribution is 2.26. The topological polar surface area (TPSA) is 102 Å². The zero-order chi connectivity index (χ0) is 20.5. The van der Waals surface area contributed by atoms with Crippen molar-refractivity contribution < 1.29 is 14.7 Å². The van der Waals surface area contributed by atoms with Crippen molar-refractivity contribution in [2.24, 2.45) is 0 Å². The van der Waals surface area contributed by atoms with E-state index < -0.39 is 6.03 Å². The smallest absolute Gasteiger partial charge is 0.319 e. The maximum absolute atomic E-state index is 12.1. The van der Waals surface area contributed by atoms with Crippen LogP contribution in [-0.4, -0.2) is 17.2 Å². The van der Waals surface area contributed by atoms with Crippen LogP contribution in [0.3, 0.4) is 0 Å². The standard InChI is InChI=1S/C22H22N4O3/c27-20-12-11-18(25-21(28)23-14-16-7-3-1-4-8-16)13-19(20)26-22(29)24-15-17-9-5-2-6-10-17/h1-13,27H,14-15H2,(H2,23,25,28)(H2,24,26,29). The van der Waals surface area contributed by atoms with Crippen molar-refractivity contribution in [3.63, 3.8) is 0 Å². The minimum absolute atomic E-state index is 0.102. The van der Waals surface area contributed by atoms with Gasteiger partial charge in [0.25, 0.3) is 0 Å². The summed E-state index contributed by atoms with van der Waals surface area (Å²) in [4.78, 5) is 24.2. The Kier molecular flexibility index (Phi) is 6.67. The van der Waals surface area contributed by atoms with Crippen molar-refractivity contribution in [2.75, 3.05) is 10.6 Å². The molecular formula is C22H22N4O3. The molecule has 0 aromatic heterocycles. The molecule has 0 aliphatic rings. The first kappa shape index (κ1) is 19.8. The molecule has 0 radical (unpaired) electrons. The normalized spacial score (nSPS) is 10.1. The molecule has 3 rings (SSSR count). The number of phenolic OH excluding ortho intramolecular Hbond substituents is 1. The number of phenols is 1. The first-order chi connectivity index (χ1) is 14.1. The summed E-state index contributed by atoms with van der Waals surface area (Å²) in [6.07, 6.45) is 0. The summed E-state index contributed by atoms with van der Waals surface area (Å²) in [5.74, 6) is -0.102. The fourth-order valence-corrected chi connectivity index (χ4v) is 2.61. The number of nitrogens with one attached hydrogen (secondary N) is 4. The molecule has 0 saturated heterocycles. The second kappa shape index (κ2) is 9.80. The van der Waals surface area contributed by atoms with Gasteiger partial charge in [0, 0.05) is 18.8 Å². The minimum atomic E-state index is -0.463. The Balaban J connectivity index is 1.53. The molecule has 7 heteroatoms. The summed E-state index contributed by atoms with van der Waals surface area (Å²) in [5, 5.41) is 20.7. The van der Waals surface area contributed by atoms with Crippen LogP contribution >= 0.6 is 0 Å². The molecule has 29 heavy (non-hydrogen) atoms. The van der Waals surface area contributed by atoms with Crippen molar-refractivity contribution >= 4 is 23.4 Å². The minimum Gasteiger partial charge on any atom is -0.506 e. The van der Waals surface area contributed by atoms with Crippen LogP contribution in [0.1, 0.15) is 11.1 Å². The van der Waals surface area contributed by atoms with Crippen LogP contribution in [0.25, 0.3) is 0 Å². The number of amides is 4. The largest absolute Gasteiger partial charge is 0.506 e. The van der Waals surface area contributed by atoms with Crippen LogP contribution in [-0.2, 0) is 13.1 Å². The molecule has 0 aliphatic carbocycles. The van der Waals surface area contributed by atoms with E-state index in [4.69, 9.17) is 0 Å². The molecule has 0 unspecified atom stereocenters. The van der Waals surface area contributed by atoms with Crippen LogP contribution in [0.4, 0.5) is 21.0 Å². The van der Waals surface area contributed by atoms with E-state index in [-0.39, 0.29) is 17.5 Å². The molecular weight excluding hydrogens is 368 g/mol. The Labute approximate surface area is 168 Å². The Hall–Kier alpha value is -4.00. The Bertz CT molecular complexity index is 962. The second-order valence-corrected chi connectivity index (χ2v) is 6.32. The van der Waals surface area contributed by atoms with Gasteiger partial charge in [0.1, 0.15) is 5.75 Å². The number of carbonyl (C=O) groups is 2. The highest BCUT2D eigenvalue weighted by Gasteiger charge is 2.09. The lowest BCUT2D eigenvalue weighted by atomic mass is 10.2. The highest BCUT2D eigenvalue weighted by atomic mass is 16.3. The molecule has 0 atom stereocenters. The fraction of sp³-hybridized carbons (Fsp3) is 0.0909. The quantitative estimate of drug-likeness (QED) is 0.324. The summed E-state index contributed by atoms with van der Waals surface area (Å²) in [6, 6.07) is 22.6. The van der Waals surface area contributed by atoms with E-state index in [1.54, 1.807) is 6.07 Å². The number of urea groups is 2. The lowest BCUT2D eigenvalue weighted by molar-refractivity contribution is 0.251. The average molecular weight is 390 g/mol. The number of rotatable bonds is 6. The fourth-order valence-electron chi connectivity index (χ4n) is 2.61. The molecule has 5 N–H and O–H groups in total. The molecule has 7 nitrogen and oxygen atoms in total. The second-order valence-electron chi connectivity index (χ2n) is 6.32. The van der Waals surface area contributed by atoms with E-state index in [0.29, 0.717) is 18.8 Å². The number of hydrogen-bond acceptors (Lipinski definition) is 3. The van der Waals surface area contributed by atoms with Gasteiger partial charge in [-0.25, -0.2) is 9.59 Å². The summed E-state index contributed by atoms with van der Waals surface area (Å²) in [7, 11) is 0. The SMILES string of the molecule is O=C(NCc1ccccc1)Nc1ccc(O)c(NC(=O)NCc2ccccc2)c1. The summed E-state index contributed by atoms with van der Waals surface area (Å²) in [6.45, 7) is 0.741. The molecule has 0 aliphatic heterocycles. The third kappa shape index (κ3) is 6.28. The zero-order valence-corrected chi connectivity index (χ0v) is 15.7. The van der Waals surface area contributed by atoms with Crippen molar-refractivity contribution in [2.45, 2.75) is 13.1 Å². The number of carbonyl (C=O) groups excluding carboxylic acids is 2. The lowest BCUT2D eigenvalue weighted by Crippen LogP contribution is -2.29. The van der Waals surface area contributed by atoms with Gasteiger partial charge in [0.15, 0.2) is 0 Å². The van der Waals surface area contributed by atoms with Gasteiger partial charge in [0.2, 0.25) is 0 Å². The highest BCUT2D eigenvalue weighted by molar-refractivity contribution is 5.94. The Morgan fingerprint density at radius 2 is 1.21 bits per heavy atom. The van der Waals surface area contributed by atoms with Gasteiger partial charge in [-0.1, -0.05) is 60.7 Å². The van der Waals surface area contributed by atoms with Crippen LogP contribution in [0.2, 0.25) is 0 Å². The number of benzene rings is 3. The average Bonchev–Trinajstić information content (AvgIpc) is 2.75. The molecule has 3 aromatic carbocycles. The van der Waals surface area contributed by atoms with Gasteiger partial charge in [-0.2, -0.15) is 0 Å². The molecule has 0 fully saturated rings. The van der Waals surface area contributed by atoms with E-state index in [0.717, 1.165) is 11.1 Å². The van der Waals surface area contributed by atoms with E-state index in [2.05, 4.69) is 21.3 Å². The molecule has 0 saturated carbocycles. The van der Waals surface area contributed by atoms with Crippen molar-refractivity contribution in [1.82, 2.24) is 10.6 Å². The molecule has 3 aromatic rings. The van der Waals surface area contributed by atoms with Gasteiger partial charge in [-0.05, 0) is 29.3 Å². The van der Waals surface area contributed by atoms with Crippen LogP contribution in [0.15, 0.2) is 78.9 Å². The lowest BCUT2D eigenvalue weighted by Gasteiger charge is -2.12. The van der Waals surface area contributed by atoms with E-state index in [1.165, 1.54) is 12.1 Å². The molecule has 0 heterocycles. The summed E-state index contributed by atoms with van der Waals surface area (Å²) in [5.41, 5.74) is 2.56. The van der Waals surface area contributed by atoms with E-state index in [1.807, 2.05) is 60.7 Å². The van der Waals surface area contributed by atoms with E-state index >= 15 is 0 Å². The number of hydrogen-bond donors (Lipinski definition) is 5. The van der Waals surface area contributed by atoms with Crippen LogP contribution in [0.5, 0.6) is 5.75 Å². The molecule has 0 bridgehead atoms. The predicted molar refractivity (Wildman–Crippen MR) is 113 cm³/mol. The molecule has 4 amide bonds. The maximum Gasteiger partial charge on any atom is 0.319 e. The Morgan fingerprint density at radius 3 is 1.76 bits per heavy atom. The maximum atomic E-state index is 12.1. The van der Waals surface area contributed by atoms with Crippen molar-refractivity contribution in [1.29, 1.82) is 0 Å². The first-order valence-electron chi connectivity index (χ1n) is 9.11. The number of aromatic hydroxyl groups is 1. The predicted octanol–water partition coefficient (Wildman–Crippen LogP) is 4.04. The van der Waals surface area contributed by atoms with Gasteiger partial charge < -0.3 is 26.4 Å². The van der Waals surface area contributed by atoms with Gasteiger partial charge in [0.05, 0.1) is 5.69 Å². The molecule has 0 spiro atoms. The van der Waals surface area contributed by atoms with Crippen molar-refractivity contribution in [3.05, 3.63) is 90.0 Å². The van der Waals surface area contributed by atoms with Gasteiger partial charge in [-0.3, -0.25) is 0 Å². The van der Waals surface area contributed by atoms with Gasteiger partial charge >= 0.3 is 12.1 Å².